The standard InChI is InChI=1S/C20H14FN5O2/c1-9-15-16(17(15)26-25-9)23-19-11-4-2-3-5-13(11)22-20(24-19)18(28)10-6-7-12(21)14(27)8-10/h2-8,22,27-28H,1H3,(H,23,24,25,26). The number of H-pyrrole nitrogens is 1. The molecular weight excluding hydrogens is 361 g/mol. The summed E-state index contributed by atoms with van der Waals surface area (Å²) in [6.45, 7) is 1.92. The predicted molar refractivity (Wildman–Crippen MR) is 103 cm³/mol. The lowest BCUT2D eigenvalue weighted by Gasteiger charge is -2.19. The van der Waals surface area contributed by atoms with Crippen molar-refractivity contribution in [3.63, 3.8) is 0 Å². The summed E-state index contributed by atoms with van der Waals surface area (Å²) in [5.74, 6) is -0.968. The van der Waals surface area contributed by atoms with E-state index in [2.05, 4.69) is 25.5 Å². The largest absolute Gasteiger partial charge is 0.505 e. The molecule has 1 aliphatic rings. The van der Waals surface area contributed by atoms with E-state index in [1.54, 1.807) is 0 Å². The molecule has 138 valence electrons. The van der Waals surface area contributed by atoms with Crippen molar-refractivity contribution in [1.82, 2.24) is 10.2 Å². The molecule has 4 aromatic rings. The van der Waals surface area contributed by atoms with E-state index >= 15 is 0 Å². The van der Waals surface area contributed by atoms with Gasteiger partial charge in [0.1, 0.15) is 10.9 Å². The maximum atomic E-state index is 13.3. The fraction of sp³-hybridized carbons (Fsp3) is 0.0500. The zero-order valence-corrected chi connectivity index (χ0v) is 14.7. The number of aliphatic imine (C=N–C) groups is 1. The Balaban J connectivity index is 1.67. The molecule has 0 saturated heterocycles. The van der Waals surface area contributed by atoms with Gasteiger partial charge >= 0.3 is 0 Å². The second-order valence-corrected chi connectivity index (χ2v) is 6.50. The number of hydrogen-bond donors (Lipinski definition) is 4. The Morgan fingerprint density at radius 1 is 1.18 bits per heavy atom. The number of para-hydroxylation sites is 1. The lowest BCUT2D eigenvalue weighted by molar-refractivity contribution is 0.431. The third-order valence-corrected chi connectivity index (χ3v) is 4.65. The molecule has 0 bridgehead atoms. The third-order valence-electron chi connectivity index (χ3n) is 4.65. The number of nitrogens with zero attached hydrogens (tertiary/aromatic N) is 3. The van der Waals surface area contributed by atoms with Crippen molar-refractivity contribution in [3.05, 3.63) is 76.3 Å². The van der Waals surface area contributed by atoms with Crippen molar-refractivity contribution in [3.8, 4) is 5.75 Å². The number of aromatic amines is 1. The van der Waals surface area contributed by atoms with E-state index in [4.69, 9.17) is 0 Å². The molecule has 2 heterocycles. The number of halogens is 1. The number of anilines is 1. The predicted octanol–water partition coefficient (Wildman–Crippen LogP) is 3.25. The van der Waals surface area contributed by atoms with Crippen LogP contribution in [-0.2, 0) is 0 Å². The number of rotatable bonds is 1. The van der Waals surface area contributed by atoms with Crippen molar-refractivity contribution >= 4 is 28.2 Å². The summed E-state index contributed by atoms with van der Waals surface area (Å²) in [6, 6.07) is 11.0. The first-order valence-electron chi connectivity index (χ1n) is 8.54. The summed E-state index contributed by atoms with van der Waals surface area (Å²) in [4.78, 5) is 9.08. The first-order valence-corrected chi connectivity index (χ1v) is 8.54. The normalized spacial score (nSPS) is 16.2. The number of phenols is 1. The van der Waals surface area contributed by atoms with Crippen LogP contribution in [0.4, 0.5) is 10.1 Å². The van der Waals surface area contributed by atoms with E-state index in [9.17, 15) is 14.6 Å². The summed E-state index contributed by atoms with van der Waals surface area (Å²) in [5.41, 5.74) is 3.49. The molecule has 0 unspecified atom stereocenters. The highest BCUT2D eigenvalue weighted by molar-refractivity contribution is 6.09. The van der Waals surface area contributed by atoms with Gasteiger partial charge in [-0.05, 0) is 37.3 Å². The van der Waals surface area contributed by atoms with Crippen LogP contribution in [0.25, 0.3) is 16.7 Å². The fourth-order valence-corrected chi connectivity index (χ4v) is 3.15. The van der Waals surface area contributed by atoms with Gasteiger partial charge in [0.25, 0.3) is 0 Å². The van der Waals surface area contributed by atoms with Crippen molar-refractivity contribution in [2.45, 2.75) is 6.92 Å². The molecule has 0 amide bonds. The molecule has 5 rings (SSSR count). The lowest BCUT2D eigenvalue weighted by atomic mass is 10.1. The van der Waals surface area contributed by atoms with Gasteiger partial charge in [-0.3, -0.25) is 5.10 Å². The topological polar surface area (TPSA) is 106 Å². The van der Waals surface area contributed by atoms with E-state index < -0.39 is 11.6 Å². The van der Waals surface area contributed by atoms with Gasteiger partial charge in [0.15, 0.2) is 29.0 Å². The first kappa shape index (κ1) is 16.2. The smallest absolute Gasteiger partial charge is 0.175 e. The number of aromatic nitrogens is 2. The van der Waals surface area contributed by atoms with Gasteiger partial charge in [0.05, 0.1) is 11.1 Å². The number of benzene rings is 2. The molecule has 0 radical (unpaired) electrons. The number of phenolic OH excluding ortho intramolecular Hbond substituents is 1. The fourth-order valence-electron chi connectivity index (χ4n) is 3.15. The highest BCUT2D eigenvalue weighted by atomic mass is 19.1. The van der Waals surface area contributed by atoms with Crippen LogP contribution in [0.2, 0.25) is 0 Å². The van der Waals surface area contributed by atoms with Crippen LogP contribution in [0.1, 0.15) is 16.8 Å². The Hall–Kier alpha value is -3.94. The number of aliphatic hydroxyl groups is 1. The van der Waals surface area contributed by atoms with Crippen molar-refractivity contribution < 1.29 is 14.6 Å². The van der Waals surface area contributed by atoms with Crippen LogP contribution < -0.4 is 10.7 Å². The third kappa shape index (κ3) is 2.46. The molecule has 4 N–H and O–H groups in total. The molecule has 7 nitrogen and oxygen atoms in total. The minimum Gasteiger partial charge on any atom is -0.505 e. The summed E-state index contributed by atoms with van der Waals surface area (Å²) in [6.07, 6.45) is 0. The highest BCUT2D eigenvalue weighted by Gasteiger charge is 2.23. The Morgan fingerprint density at radius 2 is 2.00 bits per heavy atom. The Labute approximate surface area is 157 Å². The minimum atomic E-state index is -0.766. The molecule has 0 spiro atoms. The van der Waals surface area contributed by atoms with E-state index in [1.807, 2.05) is 31.2 Å². The quantitative estimate of drug-likeness (QED) is 0.383. The summed E-state index contributed by atoms with van der Waals surface area (Å²) in [5, 5.41) is 32.1. The lowest BCUT2D eigenvalue weighted by Crippen LogP contribution is -2.15. The average molecular weight is 375 g/mol. The van der Waals surface area contributed by atoms with Gasteiger partial charge in [-0.25, -0.2) is 14.4 Å². The van der Waals surface area contributed by atoms with Crippen LogP contribution in [0, 0.1) is 12.7 Å². The van der Waals surface area contributed by atoms with E-state index in [0.29, 0.717) is 5.84 Å². The Kier molecular flexibility index (Phi) is 3.35. The number of aliphatic hydroxyl groups excluding tert-OH is 1. The number of aryl methyl sites for hydroxylation is 1. The highest BCUT2D eigenvalue weighted by Crippen LogP contribution is 2.30. The molecule has 0 saturated carbocycles. The summed E-state index contributed by atoms with van der Waals surface area (Å²) in [7, 11) is 0. The van der Waals surface area contributed by atoms with Gasteiger partial charge in [0, 0.05) is 16.8 Å². The number of fused-ring (bicyclic) bond motifs is 2. The van der Waals surface area contributed by atoms with Crippen LogP contribution >= 0.6 is 0 Å². The molecule has 0 atom stereocenters. The molecule has 1 aromatic heterocycles. The van der Waals surface area contributed by atoms with E-state index in [-0.39, 0.29) is 17.1 Å². The molecule has 8 heteroatoms. The number of hydrogen-bond acceptors (Lipinski definition) is 6. The second-order valence-electron chi connectivity index (χ2n) is 6.50. The maximum absolute atomic E-state index is 13.3. The Bertz CT molecular complexity index is 1340. The van der Waals surface area contributed by atoms with Gasteiger partial charge in [-0.1, -0.05) is 12.1 Å². The van der Waals surface area contributed by atoms with Gasteiger partial charge < -0.3 is 15.5 Å². The molecule has 3 aromatic carbocycles. The van der Waals surface area contributed by atoms with Crippen LogP contribution in [0.15, 0.2) is 58.3 Å². The van der Waals surface area contributed by atoms with Crippen molar-refractivity contribution in [1.29, 1.82) is 0 Å². The summed E-state index contributed by atoms with van der Waals surface area (Å²) < 4.78 is 13.3. The Morgan fingerprint density at radius 3 is 2.75 bits per heavy atom. The molecule has 0 fully saturated rings. The van der Waals surface area contributed by atoms with E-state index in [1.165, 1.54) is 6.07 Å². The van der Waals surface area contributed by atoms with Gasteiger partial charge in [-0.15, -0.1) is 0 Å². The zero-order chi connectivity index (χ0) is 19.4. The average Bonchev–Trinajstić information content (AvgIpc) is 3.25. The number of nitrogens with one attached hydrogen (secondary N) is 2. The van der Waals surface area contributed by atoms with Crippen LogP contribution in [0.3, 0.4) is 0 Å². The first-order chi connectivity index (χ1) is 13.5. The molecule has 0 aliphatic carbocycles. The molecule has 28 heavy (non-hydrogen) atoms. The molecular formula is C20H14FN5O2. The number of aromatic hydroxyl groups is 1. The summed E-state index contributed by atoms with van der Waals surface area (Å²) >= 11 is 0. The molecule has 1 aliphatic heterocycles. The van der Waals surface area contributed by atoms with Gasteiger partial charge in [-0.2, -0.15) is 5.10 Å². The van der Waals surface area contributed by atoms with E-state index in [0.717, 1.165) is 45.3 Å². The zero-order valence-electron chi connectivity index (χ0n) is 14.7. The van der Waals surface area contributed by atoms with Crippen LogP contribution in [-0.4, -0.2) is 26.2 Å². The van der Waals surface area contributed by atoms with Gasteiger partial charge in [0.2, 0.25) is 0 Å². The van der Waals surface area contributed by atoms with Crippen molar-refractivity contribution in [2.75, 3.05) is 5.32 Å². The minimum absolute atomic E-state index is 0.153. The maximum Gasteiger partial charge on any atom is 0.175 e. The second kappa shape index (κ2) is 5.78. The van der Waals surface area contributed by atoms with Crippen LogP contribution in [0.5, 0.6) is 5.75 Å². The number of amidine groups is 1. The monoisotopic (exact) mass is 375 g/mol. The van der Waals surface area contributed by atoms with Crippen molar-refractivity contribution in [2.24, 2.45) is 9.98 Å². The SMILES string of the molecule is Cc1[nH]nc2c(=NC3=NC(=C(O)c4ccc(F)c(O)c4)Nc4ccccc43)c12.